The minimum absolute atomic E-state index is 0.158. The second-order valence-corrected chi connectivity index (χ2v) is 5.28. The van der Waals surface area contributed by atoms with Crippen molar-refractivity contribution < 1.29 is 8.78 Å². The largest absolute Gasteiger partial charge is 0.250 e. The van der Waals surface area contributed by atoms with Crippen LogP contribution in [0.25, 0.3) is 11.4 Å². The van der Waals surface area contributed by atoms with E-state index in [4.69, 9.17) is 12.2 Å². The van der Waals surface area contributed by atoms with Crippen molar-refractivity contribution in [1.29, 1.82) is 0 Å². The van der Waals surface area contributed by atoms with Crippen LogP contribution in [0.1, 0.15) is 11.1 Å². The number of halogens is 2. The van der Waals surface area contributed by atoms with Crippen molar-refractivity contribution in [2.24, 2.45) is 5.10 Å². The molecule has 0 bridgehead atoms. The van der Waals surface area contributed by atoms with E-state index in [1.165, 1.54) is 23.0 Å². The molecule has 0 saturated carbocycles. The third-order valence-electron chi connectivity index (χ3n) is 3.31. The fourth-order valence-corrected chi connectivity index (χ4v) is 2.30. The van der Waals surface area contributed by atoms with Crippen LogP contribution in [0.2, 0.25) is 0 Å². The third kappa shape index (κ3) is 3.09. The number of benzene rings is 2. The second kappa shape index (κ2) is 6.21. The van der Waals surface area contributed by atoms with E-state index in [-0.39, 0.29) is 10.3 Å². The molecule has 0 amide bonds. The molecule has 0 spiro atoms. The first kappa shape index (κ1) is 15.2. The molecular formula is C16H12F2N4S. The van der Waals surface area contributed by atoms with E-state index >= 15 is 0 Å². The van der Waals surface area contributed by atoms with Crippen LogP contribution in [0.5, 0.6) is 0 Å². The van der Waals surface area contributed by atoms with Crippen LogP contribution >= 0.6 is 12.2 Å². The number of aryl methyl sites for hydroxylation is 1. The summed E-state index contributed by atoms with van der Waals surface area (Å²) in [5.74, 6) is -0.812. The molecule has 0 fully saturated rings. The van der Waals surface area contributed by atoms with E-state index in [2.05, 4.69) is 15.3 Å². The minimum Gasteiger partial charge on any atom is -0.250 e. The number of aromatic amines is 1. The Morgan fingerprint density at radius 3 is 2.74 bits per heavy atom. The summed E-state index contributed by atoms with van der Waals surface area (Å²) in [6.45, 7) is 1.95. The molecule has 1 N–H and O–H groups in total. The summed E-state index contributed by atoms with van der Waals surface area (Å²) in [5, 5.41) is 11.0. The fraction of sp³-hybridized carbons (Fsp3) is 0.0625. The van der Waals surface area contributed by atoms with Gasteiger partial charge < -0.3 is 0 Å². The molecule has 0 saturated heterocycles. The number of rotatable bonds is 3. The van der Waals surface area contributed by atoms with E-state index in [0.29, 0.717) is 5.82 Å². The highest BCUT2D eigenvalue weighted by Crippen LogP contribution is 2.21. The zero-order chi connectivity index (χ0) is 16.4. The van der Waals surface area contributed by atoms with Crippen LogP contribution in [0, 0.1) is 23.3 Å². The molecule has 0 aliphatic rings. The number of hydrogen-bond donors (Lipinski definition) is 1. The summed E-state index contributed by atoms with van der Waals surface area (Å²) in [7, 11) is 0. The van der Waals surface area contributed by atoms with Crippen LogP contribution in [-0.2, 0) is 0 Å². The van der Waals surface area contributed by atoms with Crippen molar-refractivity contribution in [3.05, 3.63) is 70.0 Å². The molecule has 23 heavy (non-hydrogen) atoms. The molecule has 1 aromatic heterocycles. The van der Waals surface area contributed by atoms with Crippen LogP contribution < -0.4 is 0 Å². The highest BCUT2D eigenvalue weighted by Gasteiger charge is 2.10. The number of H-pyrrole nitrogens is 1. The molecule has 3 rings (SSSR count). The highest BCUT2D eigenvalue weighted by molar-refractivity contribution is 7.71. The highest BCUT2D eigenvalue weighted by atomic mass is 32.1. The van der Waals surface area contributed by atoms with Crippen LogP contribution in [0.4, 0.5) is 8.78 Å². The van der Waals surface area contributed by atoms with Gasteiger partial charge in [0, 0.05) is 17.2 Å². The normalized spacial score (nSPS) is 11.3. The summed E-state index contributed by atoms with van der Waals surface area (Å²) < 4.78 is 28.3. The van der Waals surface area contributed by atoms with Crippen LogP contribution in [0.15, 0.2) is 47.6 Å². The molecule has 0 atom stereocenters. The number of nitrogens with one attached hydrogen (secondary N) is 1. The van der Waals surface area contributed by atoms with Gasteiger partial charge >= 0.3 is 0 Å². The Morgan fingerprint density at radius 2 is 2.00 bits per heavy atom. The monoisotopic (exact) mass is 330 g/mol. The van der Waals surface area contributed by atoms with Gasteiger partial charge in [-0.2, -0.15) is 14.9 Å². The van der Waals surface area contributed by atoms with Gasteiger partial charge in [-0.1, -0.05) is 24.3 Å². The lowest BCUT2D eigenvalue weighted by molar-refractivity contribution is 0.582. The molecule has 116 valence electrons. The Hall–Kier alpha value is -2.67. The van der Waals surface area contributed by atoms with Crippen molar-refractivity contribution in [3.8, 4) is 11.4 Å². The number of nitrogens with zero attached hydrogens (tertiary/aromatic N) is 3. The molecule has 0 radical (unpaired) electrons. The van der Waals surface area contributed by atoms with Gasteiger partial charge in [0.1, 0.15) is 11.6 Å². The van der Waals surface area contributed by atoms with Crippen molar-refractivity contribution in [2.75, 3.05) is 0 Å². The maximum atomic E-state index is 13.7. The molecule has 1 heterocycles. The summed E-state index contributed by atoms with van der Waals surface area (Å²) in [5.41, 5.74) is 2.02. The van der Waals surface area contributed by atoms with Crippen molar-refractivity contribution in [1.82, 2.24) is 14.9 Å². The molecule has 4 nitrogen and oxygen atoms in total. The van der Waals surface area contributed by atoms with Gasteiger partial charge in [0.15, 0.2) is 5.82 Å². The standard InChI is InChI=1S/C16H12F2N4S/c1-10-4-2-3-5-13(10)15-20-21-16(23)22(15)19-9-11-6-7-12(17)8-14(11)18/h2-9H,1H3,(H,21,23)/b19-9-. The van der Waals surface area contributed by atoms with Crippen molar-refractivity contribution >= 4 is 18.4 Å². The topological polar surface area (TPSA) is 46.0 Å². The third-order valence-corrected chi connectivity index (χ3v) is 3.58. The summed E-state index contributed by atoms with van der Waals surface area (Å²) in [4.78, 5) is 0. The Bertz CT molecular complexity index is 943. The second-order valence-electron chi connectivity index (χ2n) is 4.89. The molecule has 0 aliphatic carbocycles. The van der Waals surface area contributed by atoms with Gasteiger partial charge in [-0.25, -0.2) is 13.9 Å². The molecular weight excluding hydrogens is 318 g/mol. The number of hydrogen-bond acceptors (Lipinski definition) is 3. The molecule has 0 aliphatic heterocycles. The first-order valence-corrected chi connectivity index (χ1v) is 7.20. The van der Waals surface area contributed by atoms with Crippen LogP contribution in [-0.4, -0.2) is 21.1 Å². The average molecular weight is 330 g/mol. The van der Waals surface area contributed by atoms with Gasteiger partial charge in [0.25, 0.3) is 0 Å². The average Bonchev–Trinajstić information content (AvgIpc) is 2.88. The van der Waals surface area contributed by atoms with E-state index < -0.39 is 11.6 Å². The molecule has 2 aromatic carbocycles. The predicted octanol–water partition coefficient (Wildman–Crippen LogP) is 4.08. The lowest BCUT2D eigenvalue weighted by Crippen LogP contribution is -1.97. The summed E-state index contributed by atoms with van der Waals surface area (Å²) >= 11 is 5.16. The fourth-order valence-electron chi connectivity index (χ4n) is 2.12. The minimum atomic E-state index is -0.693. The maximum Gasteiger partial charge on any atom is 0.216 e. The maximum absolute atomic E-state index is 13.7. The lowest BCUT2D eigenvalue weighted by atomic mass is 10.1. The Morgan fingerprint density at radius 1 is 1.22 bits per heavy atom. The van der Waals surface area contributed by atoms with Crippen molar-refractivity contribution in [2.45, 2.75) is 6.92 Å². The predicted molar refractivity (Wildman–Crippen MR) is 86.9 cm³/mol. The van der Waals surface area contributed by atoms with Gasteiger partial charge in [0.2, 0.25) is 4.77 Å². The summed E-state index contributed by atoms with van der Waals surface area (Å²) in [6, 6.07) is 10.9. The Kier molecular flexibility index (Phi) is 4.12. The number of aromatic nitrogens is 3. The van der Waals surface area contributed by atoms with E-state index in [1.54, 1.807) is 0 Å². The van der Waals surface area contributed by atoms with Gasteiger partial charge in [-0.3, -0.25) is 0 Å². The summed E-state index contributed by atoms with van der Waals surface area (Å²) in [6.07, 6.45) is 1.28. The first-order chi connectivity index (χ1) is 11.1. The quantitative estimate of drug-likeness (QED) is 0.581. The smallest absolute Gasteiger partial charge is 0.216 e. The Balaban J connectivity index is 2.04. The van der Waals surface area contributed by atoms with Crippen LogP contribution in [0.3, 0.4) is 0 Å². The van der Waals surface area contributed by atoms with Gasteiger partial charge in [-0.05, 0) is 36.8 Å². The van der Waals surface area contributed by atoms with E-state index in [0.717, 1.165) is 17.2 Å². The van der Waals surface area contributed by atoms with Gasteiger partial charge in [-0.15, -0.1) is 0 Å². The zero-order valence-electron chi connectivity index (χ0n) is 12.1. The van der Waals surface area contributed by atoms with E-state index in [9.17, 15) is 8.78 Å². The molecule has 7 heteroatoms. The SMILES string of the molecule is Cc1ccccc1-c1n[nH]c(=S)n1/N=C\c1ccc(F)cc1F. The zero-order valence-corrected chi connectivity index (χ0v) is 12.9. The first-order valence-electron chi connectivity index (χ1n) is 6.79. The van der Waals surface area contributed by atoms with E-state index in [1.807, 2.05) is 31.2 Å². The molecule has 3 aromatic rings. The van der Waals surface area contributed by atoms with Crippen molar-refractivity contribution in [3.63, 3.8) is 0 Å². The molecule has 0 unspecified atom stereocenters. The lowest BCUT2D eigenvalue weighted by Gasteiger charge is -2.04. The van der Waals surface area contributed by atoms with Gasteiger partial charge in [0.05, 0.1) is 6.21 Å². The Labute approximate surface area is 136 Å².